The highest BCUT2D eigenvalue weighted by atomic mass is 16.5. The number of hydrogen-bond donors (Lipinski definition) is 1. The van der Waals surface area contributed by atoms with Gasteiger partial charge in [-0.1, -0.05) is 6.92 Å². The first-order chi connectivity index (χ1) is 10.1. The molecule has 1 saturated heterocycles. The van der Waals surface area contributed by atoms with Crippen molar-refractivity contribution in [3.8, 4) is 11.5 Å². The third-order valence-electron chi connectivity index (χ3n) is 3.99. The van der Waals surface area contributed by atoms with E-state index < -0.39 is 0 Å². The van der Waals surface area contributed by atoms with Gasteiger partial charge in [0.1, 0.15) is 11.5 Å². The van der Waals surface area contributed by atoms with Gasteiger partial charge in [-0.2, -0.15) is 0 Å². The highest BCUT2D eigenvalue weighted by Gasteiger charge is 2.27. The normalized spacial score (nSPS) is 17.1. The van der Waals surface area contributed by atoms with Crippen molar-refractivity contribution < 1.29 is 19.0 Å². The van der Waals surface area contributed by atoms with Crippen molar-refractivity contribution in [3.63, 3.8) is 0 Å². The molecule has 116 valence electrons. The molecule has 1 aromatic carbocycles. The van der Waals surface area contributed by atoms with E-state index in [0.29, 0.717) is 23.6 Å². The predicted molar refractivity (Wildman–Crippen MR) is 80.0 cm³/mol. The number of ether oxygens (including phenoxy) is 3. The molecule has 1 fully saturated rings. The molecule has 0 unspecified atom stereocenters. The first-order valence-corrected chi connectivity index (χ1v) is 7.15. The summed E-state index contributed by atoms with van der Waals surface area (Å²) in [6.45, 7) is 4.36. The number of benzene rings is 1. The molecule has 1 N–H and O–H groups in total. The number of hydrogen-bond acceptors (Lipinski definition) is 4. The Morgan fingerprint density at radius 1 is 1.19 bits per heavy atom. The fourth-order valence-corrected chi connectivity index (χ4v) is 2.38. The minimum absolute atomic E-state index is 0.108. The third-order valence-corrected chi connectivity index (χ3v) is 3.99. The molecule has 1 aliphatic rings. The summed E-state index contributed by atoms with van der Waals surface area (Å²) >= 11 is 0. The molecule has 0 aliphatic carbocycles. The Morgan fingerprint density at radius 3 is 2.29 bits per heavy atom. The molecule has 0 atom stereocenters. The van der Waals surface area contributed by atoms with Crippen LogP contribution in [0.4, 0.5) is 0 Å². The van der Waals surface area contributed by atoms with E-state index in [9.17, 15) is 4.79 Å². The zero-order valence-corrected chi connectivity index (χ0v) is 12.9. The van der Waals surface area contributed by atoms with E-state index in [4.69, 9.17) is 14.2 Å². The van der Waals surface area contributed by atoms with Crippen molar-refractivity contribution in [2.45, 2.75) is 19.8 Å². The van der Waals surface area contributed by atoms with E-state index in [1.165, 1.54) is 0 Å². The molecule has 1 amide bonds. The number of amides is 1. The highest BCUT2D eigenvalue weighted by Crippen LogP contribution is 2.29. The monoisotopic (exact) mass is 293 g/mol. The van der Waals surface area contributed by atoms with E-state index in [0.717, 1.165) is 26.1 Å². The van der Waals surface area contributed by atoms with Gasteiger partial charge in [-0.05, 0) is 30.4 Å². The lowest BCUT2D eigenvalue weighted by Gasteiger charge is -2.33. The second-order valence-electron chi connectivity index (χ2n) is 5.71. The summed E-state index contributed by atoms with van der Waals surface area (Å²) in [5, 5.41) is 3.01. The summed E-state index contributed by atoms with van der Waals surface area (Å²) in [5.74, 6) is 1.11. The molecular weight excluding hydrogens is 270 g/mol. The van der Waals surface area contributed by atoms with Gasteiger partial charge >= 0.3 is 0 Å². The van der Waals surface area contributed by atoms with E-state index in [2.05, 4.69) is 12.2 Å². The smallest absolute Gasteiger partial charge is 0.251 e. The van der Waals surface area contributed by atoms with Gasteiger partial charge in [0.2, 0.25) is 0 Å². The molecule has 0 spiro atoms. The molecule has 0 aromatic heterocycles. The van der Waals surface area contributed by atoms with Gasteiger partial charge in [-0.15, -0.1) is 0 Å². The molecule has 1 aliphatic heterocycles. The quantitative estimate of drug-likeness (QED) is 0.904. The first-order valence-electron chi connectivity index (χ1n) is 7.15. The van der Waals surface area contributed by atoms with Gasteiger partial charge in [0, 0.05) is 31.4 Å². The van der Waals surface area contributed by atoms with Crippen LogP contribution in [0.1, 0.15) is 30.1 Å². The molecule has 0 bridgehead atoms. The van der Waals surface area contributed by atoms with Crippen molar-refractivity contribution in [1.29, 1.82) is 0 Å². The Labute approximate surface area is 125 Å². The Hall–Kier alpha value is -1.75. The molecule has 0 saturated carbocycles. The van der Waals surface area contributed by atoms with Gasteiger partial charge in [-0.25, -0.2) is 0 Å². The largest absolute Gasteiger partial charge is 0.497 e. The van der Waals surface area contributed by atoms with E-state index in [1.807, 2.05) is 0 Å². The van der Waals surface area contributed by atoms with Crippen molar-refractivity contribution in [1.82, 2.24) is 5.32 Å². The van der Waals surface area contributed by atoms with E-state index in [-0.39, 0.29) is 11.3 Å². The number of carbonyl (C=O) groups is 1. The summed E-state index contributed by atoms with van der Waals surface area (Å²) in [4.78, 5) is 12.3. The van der Waals surface area contributed by atoms with Crippen LogP contribution in [0, 0.1) is 5.41 Å². The van der Waals surface area contributed by atoms with Gasteiger partial charge in [0.05, 0.1) is 14.2 Å². The van der Waals surface area contributed by atoms with Crippen LogP contribution in [0.25, 0.3) is 0 Å². The van der Waals surface area contributed by atoms with Crippen molar-refractivity contribution in [2.75, 3.05) is 34.0 Å². The lowest BCUT2D eigenvalue weighted by atomic mass is 9.82. The Kier molecular flexibility index (Phi) is 5.07. The van der Waals surface area contributed by atoms with Crippen LogP contribution in [0.3, 0.4) is 0 Å². The summed E-state index contributed by atoms with van der Waals surface area (Å²) in [6, 6.07) is 5.17. The van der Waals surface area contributed by atoms with E-state index >= 15 is 0 Å². The van der Waals surface area contributed by atoms with Gasteiger partial charge < -0.3 is 19.5 Å². The Bertz CT molecular complexity index is 473. The fraction of sp³-hybridized carbons (Fsp3) is 0.562. The molecule has 2 rings (SSSR count). The maximum atomic E-state index is 12.3. The Balaban J connectivity index is 2.02. The standard InChI is InChI=1S/C16H23NO4/c1-16(4-6-21-7-5-16)11-17-15(18)12-8-13(19-2)10-14(9-12)20-3/h8-10H,4-7,11H2,1-3H3,(H,17,18). The summed E-state index contributed by atoms with van der Waals surface area (Å²) in [6.07, 6.45) is 1.93. The molecule has 5 nitrogen and oxygen atoms in total. The Morgan fingerprint density at radius 2 is 1.76 bits per heavy atom. The topological polar surface area (TPSA) is 56.8 Å². The van der Waals surface area contributed by atoms with Crippen molar-refractivity contribution >= 4 is 5.91 Å². The van der Waals surface area contributed by atoms with Crippen molar-refractivity contribution in [3.05, 3.63) is 23.8 Å². The number of nitrogens with one attached hydrogen (secondary N) is 1. The molecule has 1 aromatic rings. The summed E-state index contributed by atoms with van der Waals surface area (Å²) < 4.78 is 15.7. The van der Waals surface area contributed by atoms with Crippen molar-refractivity contribution in [2.24, 2.45) is 5.41 Å². The lowest BCUT2D eigenvalue weighted by Crippen LogP contribution is -2.39. The maximum Gasteiger partial charge on any atom is 0.251 e. The lowest BCUT2D eigenvalue weighted by molar-refractivity contribution is 0.0238. The van der Waals surface area contributed by atoms with Crippen LogP contribution in [0.15, 0.2) is 18.2 Å². The number of rotatable bonds is 5. The summed E-state index contributed by atoms with van der Waals surface area (Å²) in [5.41, 5.74) is 0.651. The molecular formula is C16H23NO4. The minimum Gasteiger partial charge on any atom is -0.497 e. The summed E-state index contributed by atoms with van der Waals surface area (Å²) in [7, 11) is 3.14. The van der Waals surface area contributed by atoms with Gasteiger partial charge in [-0.3, -0.25) is 4.79 Å². The molecule has 21 heavy (non-hydrogen) atoms. The number of methoxy groups -OCH3 is 2. The zero-order valence-electron chi connectivity index (χ0n) is 12.9. The SMILES string of the molecule is COc1cc(OC)cc(C(=O)NCC2(C)CCOCC2)c1. The number of carbonyl (C=O) groups excluding carboxylic acids is 1. The van der Waals surface area contributed by atoms with Crippen LogP contribution in [0.2, 0.25) is 0 Å². The van der Waals surface area contributed by atoms with Gasteiger partial charge in [0.25, 0.3) is 5.91 Å². The highest BCUT2D eigenvalue weighted by molar-refractivity contribution is 5.95. The van der Waals surface area contributed by atoms with Crippen LogP contribution >= 0.6 is 0 Å². The van der Waals surface area contributed by atoms with E-state index in [1.54, 1.807) is 32.4 Å². The second kappa shape index (κ2) is 6.80. The molecule has 5 heteroatoms. The van der Waals surface area contributed by atoms with Crippen LogP contribution in [-0.2, 0) is 4.74 Å². The molecule has 1 heterocycles. The minimum atomic E-state index is -0.111. The van der Waals surface area contributed by atoms with Crippen LogP contribution < -0.4 is 14.8 Å². The van der Waals surface area contributed by atoms with Crippen LogP contribution in [0.5, 0.6) is 11.5 Å². The average Bonchev–Trinajstić information content (AvgIpc) is 2.52. The first kappa shape index (κ1) is 15.6. The average molecular weight is 293 g/mol. The van der Waals surface area contributed by atoms with Gasteiger partial charge in [0.15, 0.2) is 0 Å². The molecule has 0 radical (unpaired) electrons. The maximum absolute atomic E-state index is 12.3. The second-order valence-corrected chi connectivity index (χ2v) is 5.71. The predicted octanol–water partition coefficient (Wildman–Crippen LogP) is 2.25. The van der Waals surface area contributed by atoms with Crippen LogP contribution in [-0.4, -0.2) is 39.9 Å². The fourth-order valence-electron chi connectivity index (χ4n) is 2.38. The zero-order chi connectivity index (χ0) is 15.3. The third kappa shape index (κ3) is 4.11.